The Hall–Kier alpha value is -1.60. The molecule has 100 valence electrons. The second-order valence-electron chi connectivity index (χ2n) is 5.11. The van der Waals surface area contributed by atoms with Crippen molar-refractivity contribution < 1.29 is 0 Å². The third-order valence-corrected chi connectivity index (χ3v) is 3.40. The van der Waals surface area contributed by atoms with Gasteiger partial charge in [-0.1, -0.05) is 67.1 Å². The summed E-state index contributed by atoms with van der Waals surface area (Å²) >= 11 is 0. The van der Waals surface area contributed by atoms with Crippen LogP contribution in [0.3, 0.4) is 0 Å². The first-order valence-electron chi connectivity index (χ1n) is 7.13. The summed E-state index contributed by atoms with van der Waals surface area (Å²) in [4.78, 5) is 0. The van der Waals surface area contributed by atoms with Crippen molar-refractivity contribution >= 4 is 0 Å². The maximum atomic E-state index is 3.65. The van der Waals surface area contributed by atoms with Gasteiger partial charge in [0.2, 0.25) is 0 Å². The minimum absolute atomic E-state index is 0.406. The van der Waals surface area contributed by atoms with Crippen molar-refractivity contribution in [1.29, 1.82) is 0 Å². The lowest BCUT2D eigenvalue weighted by molar-refractivity contribution is 0.529. The van der Waals surface area contributed by atoms with Gasteiger partial charge in [0.15, 0.2) is 0 Å². The van der Waals surface area contributed by atoms with Crippen LogP contribution < -0.4 is 5.32 Å². The van der Waals surface area contributed by atoms with Crippen LogP contribution in [0.25, 0.3) is 0 Å². The molecule has 0 saturated heterocycles. The summed E-state index contributed by atoms with van der Waals surface area (Å²) in [6.45, 7) is 5.41. The molecule has 2 aromatic rings. The van der Waals surface area contributed by atoms with Gasteiger partial charge in [-0.2, -0.15) is 0 Å². The van der Waals surface area contributed by atoms with Gasteiger partial charge in [-0.3, -0.25) is 0 Å². The van der Waals surface area contributed by atoms with E-state index in [1.165, 1.54) is 16.7 Å². The molecule has 0 radical (unpaired) electrons. The van der Waals surface area contributed by atoms with Crippen LogP contribution in [-0.4, -0.2) is 6.54 Å². The normalized spacial score (nSPS) is 12.3. The van der Waals surface area contributed by atoms with Gasteiger partial charge in [-0.25, -0.2) is 0 Å². The zero-order chi connectivity index (χ0) is 13.5. The third-order valence-electron chi connectivity index (χ3n) is 3.40. The van der Waals surface area contributed by atoms with Crippen molar-refractivity contribution in [2.24, 2.45) is 0 Å². The second kappa shape index (κ2) is 7.10. The van der Waals surface area contributed by atoms with Crippen LogP contribution >= 0.6 is 0 Å². The molecule has 0 amide bonds. The van der Waals surface area contributed by atoms with E-state index in [0.717, 1.165) is 19.4 Å². The van der Waals surface area contributed by atoms with Gasteiger partial charge in [-0.15, -0.1) is 0 Å². The molecule has 1 atom stereocenters. The Kier molecular flexibility index (Phi) is 5.17. The Bertz CT molecular complexity index is 473. The summed E-state index contributed by atoms with van der Waals surface area (Å²) < 4.78 is 0. The van der Waals surface area contributed by atoms with Crippen molar-refractivity contribution in [2.45, 2.75) is 32.7 Å². The van der Waals surface area contributed by atoms with E-state index in [1.807, 2.05) is 0 Å². The number of hydrogen-bond donors (Lipinski definition) is 1. The average Bonchev–Trinajstić information content (AvgIpc) is 2.45. The van der Waals surface area contributed by atoms with E-state index in [2.05, 4.69) is 73.8 Å². The molecule has 19 heavy (non-hydrogen) atoms. The molecule has 0 saturated carbocycles. The minimum Gasteiger partial charge on any atom is -0.310 e. The molecule has 1 N–H and O–H groups in total. The van der Waals surface area contributed by atoms with Crippen molar-refractivity contribution in [1.82, 2.24) is 5.32 Å². The fraction of sp³-hybridized carbons (Fsp3) is 0.333. The van der Waals surface area contributed by atoms with Crippen LogP contribution in [0.15, 0.2) is 54.6 Å². The zero-order valence-corrected chi connectivity index (χ0v) is 11.9. The lowest BCUT2D eigenvalue weighted by atomic mass is 9.98. The molecular formula is C18H23N. The third kappa shape index (κ3) is 4.22. The van der Waals surface area contributed by atoms with Crippen LogP contribution in [0.2, 0.25) is 0 Å². The van der Waals surface area contributed by atoms with Gasteiger partial charge < -0.3 is 5.32 Å². The lowest BCUT2D eigenvalue weighted by Crippen LogP contribution is -2.24. The van der Waals surface area contributed by atoms with E-state index in [-0.39, 0.29) is 0 Å². The van der Waals surface area contributed by atoms with Crippen LogP contribution in [-0.2, 0) is 6.42 Å². The SMILES string of the molecule is CCCNC(Cc1ccccc1)c1ccc(C)cc1. The molecular weight excluding hydrogens is 230 g/mol. The molecule has 0 bridgehead atoms. The highest BCUT2D eigenvalue weighted by atomic mass is 14.9. The highest BCUT2D eigenvalue weighted by Gasteiger charge is 2.10. The van der Waals surface area contributed by atoms with Crippen molar-refractivity contribution in [3.63, 3.8) is 0 Å². The zero-order valence-electron chi connectivity index (χ0n) is 11.9. The Balaban J connectivity index is 2.13. The lowest BCUT2D eigenvalue weighted by Gasteiger charge is -2.19. The molecule has 1 unspecified atom stereocenters. The molecule has 0 heterocycles. The Morgan fingerprint density at radius 2 is 1.63 bits per heavy atom. The highest BCUT2D eigenvalue weighted by Crippen LogP contribution is 2.19. The summed E-state index contributed by atoms with van der Waals surface area (Å²) in [5.41, 5.74) is 4.08. The summed E-state index contributed by atoms with van der Waals surface area (Å²) in [6, 6.07) is 20.0. The molecule has 0 aliphatic heterocycles. The quantitative estimate of drug-likeness (QED) is 0.810. The largest absolute Gasteiger partial charge is 0.310 e. The number of nitrogens with one attached hydrogen (secondary N) is 1. The predicted octanol–water partition coefficient (Wildman–Crippen LogP) is 4.28. The van der Waals surface area contributed by atoms with Gasteiger partial charge in [0, 0.05) is 6.04 Å². The predicted molar refractivity (Wildman–Crippen MR) is 82.4 cm³/mol. The molecule has 2 rings (SSSR count). The van der Waals surface area contributed by atoms with Crippen LogP contribution in [0.4, 0.5) is 0 Å². The second-order valence-corrected chi connectivity index (χ2v) is 5.11. The van der Waals surface area contributed by atoms with Crippen LogP contribution in [0.5, 0.6) is 0 Å². The Morgan fingerprint density at radius 3 is 2.26 bits per heavy atom. The first-order chi connectivity index (χ1) is 9.29. The smallest absolute Gasteiger partial charge is 0.0360 e. The molecule has 0 fully saturated rings. The number of aryl methyl sites for hydroxylation is 1. The molecule has 1 nitrogen and oxygen atoms in total. The molecule has 0 aliphatic rings. The maximum Gasteiger partial charge on any atom is 0.0360 e. The molecule has 0 aromatic heterocycles. The van der Waals surface area contributed by atoms with Gasteiger partial charge in [-0.05, 0) is 37.4 Å². The van der Waals surface area contributed by atoms with Crippen molar-refractivity contribution in [3.05, 3.63) is 71.3 Å². The summed E-state index contributed by atoms with van der Waals surface area (Å²) in [6.07, 6.45) is 2.21. The van der Waals surface area contributed by atoms with E-state index in [1.54, 1.807) is 0 Å². The summed E-state index contributed by atoms with van der Waals surface area (Å²) in [5.74, 6) is 0. The maximum absolute atomic E-state index is 3.65. The first-order valence-corrected chi connectivity index (χ1v) is 7.13. The van der Waals surface area contributed by atoms with Gasteiger partial charge in [0.25, 0.3) is 0 Å². The standard InChI is InChI=1S/C18H23N/c1-3-13-19-18(14-16-7-5-4-6-8-16)17-11-9-15(2)10-12-17/h4-12,18-19H,3,13-14H2,1-2H3. The monoisotopic (exact) mass is 253 g/mol. The number of benzene rings is 2. The van der Waals surface area contributed by atoms with E-state index in [9.17, 15) is 0 Å². The first kappa shape index (κ1) is 13.8. The van der Waals surface area contributed by atoms with Gasteiger partial charge in [0.05, 0.1) is 0 Å². The topological polar surface area (TPSA) is 12.0 Å². The van der Waals surface area contributed by atoms with Crippen molar-refractivity contribution in [2.75, 3.05) is 6.54 Å². The molecule has 2 aromatic carbocycles. The Labute approximate surface area is 116 Å². The minimum atomic E-state index is 0.406. The molecule has 1 heteroatoms. The fourth-order valence-corrected chi connectivity index (χ4v) is 2.27. The number of hydrogen-bond acceptors (Lipinski definition) is 1. The van der Waals surface area contributed by atoms with Crippen molar-refractivity contribution in [3.8, 4) is 0 Å². The molecule has 0 spiro atoms. The van der Waals surface area contributed by atoms with E-state index in [0.29, 0.717) is 6.04 Å². The number of rotatable bonds is 6. The highest BCUT2D eigenvalue weighted by molar-refractivity contribution is 5.26. The van der Waals surface area contributed by atoms with E-state index in [4.69, 9.17) is 0 Å². The Morgan fingerprint density at radius 1 is 0.947 bits per heavy atom. The average molecular weight is 253 g/mol. The molecule has 0 aliphatic carbocycles. The van der Waals surface area contributed by atoms with Crippen LogP contribution in [0.1, 0.15) is 36.1 Å². The van der Waals surface area contributed by atoms with E-state index >= 15 is 0 Å². The van der Waals surface area contributed by atoms with Crippen LogP contribution in [0, 0.1) is 6.92 Å². The van der Waals surface area contributed by atoms with Gasteiger partial charge in [0.1, 0.15) is 0 Å². The van der Waals surface area contributed by atoms with Gasteiger partial charge >= 0.3 is 0 Å². The summed E-state index contributed by atoms with van der Waals surface area (Å²) in [7, 11) is 0. The summed E-state index contributed by atoms with van der Waals surface area (Å²) in [5, 5.41) is 3.65. The van der Waals surface area contributed by atoms with E-state index < -0.39 is 0 Å². The fourth-order valence-electron chi connectivity index (χ4n) is 2.27.